The predicted molar refractivity (Wildman–Crippen MR) is 77.9 cm³/mol. The van der Waals surface area contributed by atoms with E-state index in [0.29, 0.717) is 29.2 Å². The lowest BCUT2D eigenvalue weighted by Gasteiger charge is -2.12. The summed E-state index contributed by atoms with van der Waals surface area (Å²) in [7, 11) is 1.54. The molecule has 1 aliphatic heterocycles. The zero-order valence-corrected chi connectivity index (χ0v) is 11.4. The average molecular weight is 283 g/mol. The Morgan fingerprint density at radius 2 is 2.29 bits per heavy atom. The monoisotopic (exact) mass is 283 g/mol. The van der Waals surface area contributed by atoms with Crippen LogP contribution >= 0.6 is 0 Å². The molecule has 0 atom stereocenters. The molecule has 2 aromatic rings. The van der Waals surface area contributed by atoms with E-state index in [-0.39, 0.29) is 11.7 Å². The summed E-state index contributed by atoms with van der Waals surface area (Å²) in [5, 5.41) is 2.78. The molecule has 0 aliphatic carbocycles. The van der Waals surface area contributed by atoms with E-state index >= 15 is 0 Å². The number of aromatic nitrogens is 2. The van der Waals surface area contributed by atoms with E-state index in [1.54, 1.807) is 36.5 Å². The molecular formula is C15H13N3O3. The molecule has 1 aliphatic rings. The number of rotatable bonds is 3. The van der Waals surface area contributed by atoms with Gasteiger partial charge in [-0.1, -0.05) is 6.08 Å². The van der Waals surface area contributed by atoms with Gasteiger partial charge in [-0.15, -0.1) is 0 Å². The normalized spacial score (nSPS) is 13.5. The Morgan fingerprint density at radius 3 is 3.05 bits per heavy atom. The van der Waals surface area contributed by atoms with Crippen molar-refractivity contribution in [3.63, 3.8) is 0 Å². The van der Waals surface area contributed by atoms with E-state index in [4.69, 9.17) is 9.47 Å². The largest absolute Gasteiger partial charge is 0.484 e. The number of fused-ring (bicyclic) bond motifs is 1. The number of carbonyl (C=O) groups excluding carboxylic acids is 1. The minimum absolute atomic E-state index is 0.269. The second-order valence-electron chi connectivity index (χ2n) is 4.30. The molecule has 0 aromatic carbocycles. The lowest BCUT2D eigenvalue weighted by atomic mass is 10.2. The quantitative estimate of drug-likeness (QED) is 0.933. The van der Waals surface area contributed by atoms with Gasteiger partial charge in [-0.3, -0.25) is 9.78 Å². The lowest BCUT2D eigenvalue weighted by Crippen LogP contribution is -2.18. The lowest BCUT2D eigenvalue weighted by molar-refractivity contribution is -0.115. The Bertz CT molecular complexity index is 753. The van der Waals surface area contributed by atoms with Crippen LogP contribution in [0.4, 0.5) is 5.69 Å². The highest BCUT2D eigenvalue weighted by atomic mass is 16.5. The van der Waals surface area contributed by atoms with Crippen LogP contribution in [-0.2, 0) is 9.53 Å². The number of carbonyl (C=O) groups is 1. The summed E-state index contributed by atoms with van der Waals surface area (Å²) >= 11 is 0. The van der Waals surface area contributed by atoms with Gasteiger partial charge in [0.25, 0.3) is 5.91 Å². The number of methoxy groups -OCH3 is 1. The van der Waals surface area contributed by atoms with Crippen LogP contribution in [-0.4, -0.2) is 29.6 Å². The fraction of sp³-hybridized carbons (Fsp3) is 0.133. The Hall–Kier alpha value is -2.89. The van der Waals surface area contributed by atoms with Crippen LogP contribution in [0.25, 0.3) is 11.0 Å². The van der Waals surface area contributed by atoms with Gasteiger partial charge in [0.1, 0.15) is 12.1 Å². The molecule has 21 heavy (non-hydrogen) atoms. The van der Waals surface area contributed by atoms with Crippen molar-refractivity contribution >= 4 is 22.6 Å². The molecule has 6 heteroatoms. The maximum Gasteiger partial charge on any atom is 0.290 e. The number of nitrogens with zero attached hydrogens (tertiary/aromatic N) is 2. The highest BCUT2D eigenvalue weighted by molar-refractivity contribution is 6.06. The Morgan fingerprint density at radius 1 is 1.38 bits per heavy atom. The maximum absolute atomic E-state index is 12.1. The van der Waals surface area contributed by atoms with Crippen LogP contribution in [0.1, 0.15) is 0 Å². The van der Waals surface area contributed by atoms with Crippen LogP contribution in [0.5, 0.6) is 5.88 Å². The first-order valence-corrected chi connectivity index (χ1v) is 6.38. The van der Waals surface area contributed by atoms with Gasteiger partial charge in [0.15, 0.2) is 5.76 Å². The molecule has 106 valence electrons. The number of allylic oxidation sites excluding steroid dienone is 2. The van der Waals surface area contributed by atoms with Gasteiger partial charge in [0, 0.05) is 12.3 Å². The number of ether oxygens (including phenoxy) is 2. The van der Waals surface area contributed by atoms with Gasteiger partial charge in [0.2, 0.25) is 5.88 Å². The van der Waals surface area contributed by atoms with Crippen LogP contribution < -0.4 is 10.1 Å². The van der Waals surface area contributed by atoms with Crippen molar-refractivity contribution in [1.29, 1.82) is 0 Å². The molecule has 0 spiro atoms. The molecule has 0 bridgehead atoms. The van der Waals surface area contributed by atoms with Gasteiger partial charge < -0.3 is 14.8 Å². The Labute approximate surface area is 121 Å². The maximum atomic E-state index is 12.1. The summed E-state index contributed by atoms with van der Waals surface area (Å²) in [6, 6.07) is 5.19. The van der Waals surface area contributed by atoms with Gasteiger partial charge in [-0.2, -0.15) is 0 Å². The smallest absolute Gasteiger partial charge is 0.290 e. The number of hydrogen-bond donors (Lipinski definition) is 1. The van der Waals surface area contributed by atoms with Crippen LogP contribution in [0.2, 0.25) is 0 Å². The molecule has 1 N–H and O–H groups in total. The van der Waals surface area contributed by atoms with Crippen molar-refractivity contribution < 1.29 is 14.3 Å². The van der Waals surface area contributed by atoms with E-state index in [2.05, 4.69) is 15.3 Å². The number of amides is 1. The van der Waals surface area contributed by atoms with Crippen molar-refractivity contribution in [2.24, 2.45) is 0 Å². The van der Waals surface area contributed by atoms with Crippen molar-refractivity contribution in [3.05, 3.63) is 48.4 Å². The molecule has 2 aromatic heterocycles. The van der Waals surface area contributed by atoms with Gasteiger partial charge >= 0.3 is 0 Å². The predicted octanol–water partition coefficient (Wildman–Crippen LogP) is 2.05. The first-order valence-electron chi connectivity index (χ1n) is 6.38. The standard InChI is InChI=1S/C15H13N3O3/c1-20-13-6-5-10-14(18-13)11(7-8-16-10)17-15(19)12-4-2-3-9-21-12/h2-8H,9H2,1H3,(H,16,17,19). The Balaban J connectivity index is 1.94. The van der Waals surface area contributed by atoms with E-state index in [0.717, 1.165) is 0 Å². The third kappa shape index (κ3) is 2.69. The first-order chi connectivity index (χ1) is 10.3. The summed E-state index contributed by atoms with van der Waals surface area (Å²) in [6.07, 6.45) is 6.84. The number of hydrogen-bond acceptors (Lipinski definition) is 5. The second kappa shape index (κ2) is 5.62. The highest BCUT2D eigenvalue weighted by Gasteiger charge is 2.14. The van der Waals surface area contributed by atoms with Gasteiger partial charge in [-0.05, 0) is 24.3 Å². The third-order valence-electron chi connectivity index (χ3n) is 2.96. The zero-order chi connectivity index (χ0) is 14.7. The van der Waals surface area contributed by atoms with E-state index in [1.165, 1.54) is 7.11 Å². The van der Waals surface area contributed by atoms with Crippen molar-refractivity contribution in [2.45, 2.75) is 0 Å². The molecule has 0 radical (unpaired) electrons. The third-order valence-corrected chi connectivity index (χ3v) is 2.96. The minimum atomic E-state index is -0.323. The summed E-state index contributed by atoms with van der Waals surface area (Å²) in [4.78, 5) is 20.7. The number of anilines is 1. The minimum Gasteiger partial charge on any atom is -0.484 e. The molecule has 1 amide bonds. The van der Waals surface area contributed by atoms with Crippen LogP contribution in [0, 0.1) is 0 Å². The van der Waals surface area contributed by atoms with Crippen molar-refractivity contribution in [1.82, 2.24) is 9.97 Å². The summed E-state index contributed by atoms with van der Waals surface area (Å²) in [5.74, 6) is 0.406. The van der Waals surface area contributed by atoms with E-state index < -0.39 is 0 Å². The van der Waals surface area contributed by atoms with E-state index in [9.17, 15) is 4.79 Å². The zero-order valence-electron chi connectivity index (χ0n) is 11.4. The summed E-state index contributed by atoms with van der Waals surface area (Å²) in [6.45, 7) is 0.391. The fourth-order valence-corrected chi connectivity index (χ4v) is 1.94. The first kappa shape index (κ1) is 13.1. The number of nitrogens with one attached hydrogen (secondary N) is 1. The molecule has 0 unspecified atom stereocenters. The Kier molecular flexibility index (Phi) is 3.51. The molecule has 0 saturated carbocycles. The molecule has 0 saturated heterocycles. The van der Waals surface area contributed by atoms with Gasteiger partial charge in [0.05, 0.1) is 18.3 Å². The van der Waals surface area contributed by atoms with Gasteiger partial charge in [-0.25, -0.2) is 4.98 Å². The topological polar surface area (TPSA) is 73.3 Å². The molecule has 6 nitrogen and oxygen atoms in total. The fourth-order valence-electron chi connectivity index (χ4n) is 1.94. The van der Waals surface area contributed by atoms with Crippen molar-refractivity contribution in [2.75, 3.05) is 19.0 Å². The summed E-state index contributed by atoms with van der Waals surface area (Å²) in [5.41, 5.74) is 1.80. The van der Waals surface area contributed by atoms with Crippen LogP contribution in [0.3, 0.4) is 0 Å². The molecule has 3 heterocycles. The second-order valence-corrected chi connectivity index (χ2v) is 4.30. The molecule has 3 rings (SSSR count). The summed E-state index contributed by atoms with van der Waals surface area (Å²) < 4.78 is 10.4. The number of pyridine rings is 2. The average Bonchev–Trinajstić information content (AvgIpc) is 2.55. The SMILES string of the molecule is COc1ccc2nccc(NC(=O)C3=CC=CCO3)c2n1. The highest BCUT2D eigenvalue weighted by Crippen LogP contribution is 2.22. The molecule has 0 fully saturated rings. The molecular weight excluding hydrogens is 270 g/mol. The van der Waals surface area contributed by atoms with Crippen molar-refractivity contribution in [3.8, 4) is 5.88 Å². The van der Waals surface area contributed by atoms with Crippen LogP contribution in [0.15, 0.2) is 48.4 Å². The van der Waals surface area contributed by atoms with E-state index in [1.807, 2.05) is 6.08 Å².